The molecule has 0 radical (unpaired) electrons. The molecule has 4 aromatic carbocycles. The van der Waals surface area contributed by atoms with Crippen molar-refractivity contribution in [3.63, 3.8) is 0 Å². The summed E-state index contributed by atoms with van der Waals surface area (Å²) in [7, 11) is -2.85. The normalized spacial score (nSPS) is 12.0. The topological polar surface area (TPSA) is 96.0 Å². The number of halogens is 1. The van der Waals surface area contributed by atoms with Crippen molar-refractivity contribution in [2.24, 2.45) is 0 Å². The van der Waals surface area contributed by atoms with Crippen molar-refractivity contribution in [2.45, 2.75) is 50.7 Å². The summed E-state index contributed by atoms with van der Waals surface area (Å²) < 4.78 is 48.8. The number of hydrogen-bond donors (Lipinski definition) is 1. The molecule has 0 unspecified atom stereocenters. The lowest BCUT2D eigenvalue weighted by Gasteiger charge is -2.34. The maximum absolute atomic E-state index is 14.5. The Labute approximate surface area is 264 Å². The van der Waals surface area contributed by atoms with Gasteiger partial charge < -0.3 is 15.0 Å². The van der Waals surface area contributed by atoms with Gasteiger partial charge in [-0.2, -0.15) is 0 Å². The summed E-state index contributed by atoms with van der Waals surface area (Å²) in [6, 6.07) is 26.6. The zero-order chi connectivity index (χ0) is 32.6. The molecule has 0 aromatic heterocycles. The van der Waals surface area contributed by atoms with Gasteiger partial charge in [0.25, 0.3) is 10.0 Å². The number of ether oxygens (including phenoxy) is 1. The summed E-state index contributed by atoms with van der Waals surface area (Å²) in [5, 5.41) is 2.92. The Balaban J connectivity index is 1.84. The van der Waals surface area contributed by atoms with E-state index in [2.05, 4.69) is 5.32 Å². The van der Waals surface area contributed by atoms with Crippen molar-refractivity contribution in [1.82, 2.24) is 10.2 Å². The molecule has 1 N–H and O–H groups in total. The number of carbonyl (C=O) groups is 2. The predicted molar refractivity (Wildman–Crippen MR) is 173 cm³/mol. The summed E-state index contributed by atoms with van der Waals surface area (Å²) in [4.78, 5) is 29.6. The predicted octanol–water partition coefficient (Wildman–Crippen LogP) is 5.50. The first-order valence-electron chi connectivity index (χ1n) is 14.6. The van der Waals surface area contributed by atoms with Crippen LogP contribution >= 0.6 is 0 Å². The molecule has 8 nitrogen and oxygen atoms in total. The summed E-state index contributed by atoms with van der Waals surface area (Å²) >= 11 is 0. The second kappa shape index (κ2) is 14.9. The molecule has 0 bridgehead atoms. The highest BCUT2D eigenvalue weighted by Crippen LogP contribution is 2.34. The molecule has 0 aliphatic rings. The van der Waals surface area contributed by atoms with Crippen LogP contribution in [0, 0.1) is 12.7 Å². The molecule has 0 heterocycles. The van der Waals surface area contributed by atoms with Gasteiger partial charge >= 0.3 is 0 Å². The average Bonchev–Trinajstić information content (AvgIpc) is 3.02. The van der Waals surface area contributed by atoms with Crippen molar-refractivity contribution in [3.05, 3.63) is 126 Å². The van der Waals surface area contributed by atoms with Crippen LogP contribution in [0.1, 0.15) is 30.5 Å². The third-order valence-corrected chi connectivity index (χ3v) is 8.96. The quantitative estimate of drug-likeness (QED) is 0.210. The van der Waals surface area contributed by atoms with E-state index in [0.29, 0.717) is 5.56 Å². The van der Waals surface area contributed by atoms with Gasteiger partial charge in [-0.25, -0.2) is 12.8 Å². The molecule has 10 heteroatoms. The maximum Gasteiger partial charge on any atom is 0.264 e. The third-order valence-electron chi connectivity index (χ3n) is 7.18. The zero-order valence-electron chi connectivity index (χ0n) is 25.8. The van der Waals surface area contributed by atoms with Crippen molar-refractivity contribution in [3.8, 4) is 5.75 Å². The van der Waals surface area contributed by atoms with E-state index in [9.17, 15) is 22.4 Å². The van der Waals surface area contributed by atoms with Gasteiger partial charge in [-0.05, 0) is 73.9 Å². The van der Waals surface area contributed by atoms with Crippen molar-refractivity contribution in [1.29, 1.82) is 0 Å². The summed E-state index contributed by atoms with van der Waals surface area (Å²) in [5.41, 5.74) is 2.33. The SMILES string of the molecule is COc1ccc(C)cc1N(CC(=O)N(Cc1ccc(F)cc1)[C@H](Cc1ccccc1)C(=O)NC(C)C)S(=O)(=O)c1ccccc1. The minimum absolute atomic E-state index is 0.00942. The van der Waals surface area contributed by atoms with E-state index in [1.807, 2.05) is 51.1 Å². The monoisotopic (exact) mass is 631 g/mol. The lowest BCUT2D eigenvalue weighted by molar-refractivity contribution is -0.140. The third kappa shape index (κ3) is 8.48. The molecule has 0 saturated heterocycles. The van der Waals surface area contributed by atoms with Crippen LogP contribution in [0.4, 0.5) is 10.1 Å². The summed E-state index contributed by atoms with van der Waals surface area (Å²) in [6.45, 7) is 4.76. The average molecular weight is 632 g/mol. The fourth-order valence-corrected chi connectivity index (χ4v) is 6.39. The molecular weight excluding hydrogens is 593 g/mol. The fourth-order valence-electron chi connectivity index (χ4n) is 4.95. The van der Waals surface area contributed by atoms with Crippen LogP contribution in [-0.2, 0) is 32.6 Å². The summed E-state index contributed by atoms with van der Waals surface area (Å²) in [6.07, 6.45) is 0.172. The van der Waals surface area contributed by atoms with Crippen LogP contribution in [0.3, 0.4) is 0 Å². The molecule has 0 spiro atoms. The second-order valence-corrected chi connectivity index (χ2v) is 12.9. The van der Waals surface area contributed by atoms with E-state index in [1.165, 1.54) is 48.4 Å². The van der Waals surface area contributed by atoms with Gasteiger partial charge in [0.05, 0.1) is 17.7 Å². The fraction of sp³-hybridized carbons (Fsp3) is 0.257. The first-order valence-corrected chi connectivity index (χ1v) is 16.0. The van der Waals surface area contributed by atoms with Crippen LogP contribution in [0.2, 0.25) is 0 Å². The van der Waals surface area contributed by atoms with E-state index < -0.39 is 40.2 Å². The molecule has 45 heavy (non-hydrogen) atoms. The highest BCUT2D eigenvalue weighted by molar-refractivity contribution is 7.92. The Kier molecular flexibility index (Phi) is 11.0. The van der Waals surface area contributed by atoms with Gasteiger partial charge in [0, 0.05) is 19.0 Å². The number of carbonyl (C=O) groups excluding carboxylic acids is 2. The number of hydrogen-bond acceptors (Lipinski definition) is 5. The first kappa shape index (κ1) is 33.2. The number of nitrogens with zero attached hydrogens (tertiary/aromatic N) is 2. The largest absolute Gasteiger partial charge is 0.495 e. The molecule has 236 valence electrons. The lowest BCUT2D eigenvalue weighted by atomic mass is 10.0. The van der Waals surface area contributed by atoms with Crippen LogP contribution in [0.25, 0.3) is 0 Å². The Bertz CT molecular complexity index is 1700. The smallest absolute Gasteiger partial charge is 0.264 e. The van der Waals surface area contributed by atoms with Gasteiger partial charge in [0.1, 0.15) is 24.2 Å². The van der Waals surface area contributed by atoms with Crippen molar-refractivity contribution in [2.75, 3.05) is 18.0 Å². The van der Waals surface area contributed by atoms with Gasteiger partial charge in [0.15, 0.2) is 0 Å². The zero-order valence-corrected chi connectivity index (χ0v) is 26.6. The number of benzene rings is 4. The van der Waals surface area contributed by atoms with Gasteiger partial charge in [-0.15, -0.1) is 0 Å². The molecule has 1 atom stereocenters. The molecule has 2 amide bonds. The molecular formula is C35H38FN3O5S. The number of anilines is 1. The molecule has 4 rings (SSSR count). The molecule has 0 saturated carbocycles. The number of aryl methyl sites for hydroxylation is 1. The minimum Gasteiger partial charge on any atom is -0.495 e. The Morgan fingerprint density at radius 2 is 1.49 bits per heavy atom. The van der Waals surface area contributed by atoms with Crippen LogP contribution in [0.15, 0.2) is 108 Å². The van der Waals surface area contributed by atoms with Gasteiger partial charge in [-0.1, -0.05) is 66.7 Å². The van der Waals surface area contributed by atoms with Crippen molar-refractivity contribution >= 4 is 27.5 Å². The number of sulfonamides is 1. The van der Waals surface area contributed by atoms with Crippen molar-refractivity contribution < 1.29 is 27.1 Å². The Morgan fingerprint density at radius 1 is 0.867 bits per heavy atom. The number of amides is 2. The minimum atomic E-state index is -4.28. The summed E-state index contributed by atoms with van der Waals surface area (Å²) in [5.74, 6) is -1.20. The van der Waals surface area contributed by atoms with Gasteiger partial charge in [-0.3, -0.25) is 13.9 Å². The molecule has 0 aliphatic heterocycles. The molecule has 4 aromatic rings. The Hall–Kier alpha value is -4.70. The number of methoxy groups -OCH3 is 1. The van der Waals surface area contributed by atoms with E-state index in [-0.39, 0.29) is 35.3 Å². The number of nitrogens with one attached hydrogen (secondary N) is 1. The second-order valence-electron chi connectivity index (χ2n) is 11.0. The van der Waals surface area contributed by atoms with Crippen LogP contribution < -0.4 is 14.4 Å². The van der Waals surface area contributed by atoms with Crippen LogP contribution in [0.5, 0.6) is 5.75 Å². The highest BCUT2D eigenvalue weighted by atomic mass is 32.2. The Morgan fingerprint density at radius 3 is 2.09 bits per heavy atom. The van der Waals surface area contributed by atoms with E-state index >= 15 is 0 Å². The molecule has 0 fully saturated rings. The van der Waals surface area contributed by atoms with E-state index in [1.54, 1.807) is 36.4 Å². The number of rotatable bonds is 13. The maximum atomic E-state index is 14.5. The first-order chi connectivity index (χ1) is 21.5. The standard InChI is InChI=1S/C35H38FN3O5S/c1-25(2)37-35(41)32(22-27-11-7-5-8-12-27)38(23-28-16-18-29(36)19-17-28)34(40)24-39(31-21-26(3)15-20-33(31)44-4)45(42,43)30-13-9-6-10-14-30/h5-21,25,32H,22-24H2,1-4H3,(H,37,41)/t32-/m1/s1. The van der Waals surface area contributed by atoms with E-state index in [4.69, 9.17) is 4.74 Å². The highest BCUT2D eigenvalue weighted by Gasteiger charge is 2.35. The van der Waals surface area contributed by atoms with Crippen LogP contribution in [-0.4, -0.2) is 50.9 Å². The van der Waals surface area contributed by atoms with Gasteiger partial charge in [0.2, 0.25) is 11.8 Å². The lowest BCUT2D eigenvalue weighted by Crippen LogP contribution is -2.54. The molecule has 0 aliphatic carbocycles. The van der Waals surface area contributed by atoms with E-state index in [0.717, 1.165) is 15.4 Å².